The van der Waals surface area contributed by atoms with Crippen LogP contribution in [0.3, 0.4) is 0 Å². The molecule has 0 spiro atoms. The van der Waals surface area contributed by atoms with Crippen LogP contribution in [-0.4, -0.2) is 15.7 Å². The zero-order valence-corrected chi connectivity index (χ0v) is 12.9. The van der Waals surface area contributed by atoms with Gasteiger partial charge in [0.15, 0.2) is 5.76 Å². The van der Waals surface area contributed by atoms with Crippen molar-refractivity contribution in [2.45, 2.75) is 26.2 Å². The molecule has 2 heterocycles. The Morgan fingerprint density at radius 3 is 2.78 bits per heavy atom. The predicted octanol–water partition coefficient (Wildman–Crippen LogP) is 3.51. The molecule has 1 amide bonds. The zero-order chi connectivity index (χ0) is 15.8. The van der Waals surface area contributed by atoms with Gasteiger partial charge in [-0.3, -0.25) is 4.79 Å². The van der Waals surface area contributed by atoms with Crippen LogP contribution in [0.15, 0.2) is 47.1 Å². The SMILES string of the molecule is Cc1ccoc1C(=O)Nc1c2c(nn1-c1ccccc1)CCC2. The number of para-hydroxylation sites is 1. The van der Waals surface area contributed by atoms with Crippen molar-refractivity contribution in [3.8, 4) is 5.69 Å². The number of carbonyl (C=O) groups excluding carboxylic acids is 1. The van der Waals surface area contributed by atoms with E-state index >= 15 is 0 Å². The molecule has 0 fully saturated rings. The lowest BCUT2D eigenvalue weighted by Gasteiger charge is -2.10. The minimum absolute atomic E-state index is 0.237. The van der Waals surface area contributed by atoms with Gasteiger partial charge in [-0.05, 0) is 44.4 Å². The standard InChI is InChI=1S/C18H17N3O2/c1-12-10-11-23-16(12)18(22)19-17-14-8-5-9-15(14)20-21(17)13-6-3-2-4-7-13/h2-4,6-7,10-11H,5,8-9H2,1H3,(H,19,22). The quantitative estimate of drug-likeness (QED) is 0.805. The first-order valence-corrected chi connectivity index (χ1v) is 7.75. The maximum absolute atomic E-state index is 12.5. The van der Waals surface area contributed by atoms with Crippen LogP contribution < -0.4 is 5.32 Å². The summed E-state index contributed by atoms with van der Waals surface area (Å²) >= 11 is 0. The second kappa shape index (κ2) is 5.43. The Balaban J connectivity index is 1.76. The average molecular weight is 307 g/mol. The topological polar surface area (TPSA) is 60.1 Å². The molecule has 0 bridgehead atoms. The average Bonchev–Trinajstić information content (AvgIpc) is 3.25. The smallest absolute Gasteiger partial charge is 0.292 e. The van der Waals surface area contributed by atoms with Crippen LogP contribution in [0.25, 0.3) is 5.69 Å². The number of nitrogens with zero attached hydrogens (tertiary/aromatic N) is 2. The summed E-state index contributed by atoms with van der Waals surface area (Å²) < 4.78 is 7.12. The minimum atomic E-state index is -0.237. The van der Waals surface area contributed by atoms with Gasteiger partial charge in [0.2, 0.25) is 0 Å². The van der Waals surface area contributed by atoms with E-state index in [1.807, 2.05) is 41.9 Å². The minimum Gasteiger partial charge on any atom is -0.459 e. The van der Waals surface area contributed by atoms with Gasteiger partial charge in [-0.25, -0.2) is 4.68 Å². The number of hydrogen-bond acceptors (Lipinski definition) is 3. The molecule has 0 radical (unpaired) electrons. The molecule has 2 aromatic heterocycles. The van der Waals surface area contributed by atoms with Crippen molar-refractivity contribution in [3.63, 3.8) is 0 Å². The Hall–Kier alpha value is -2.82. The van der Waals surface area contributed by atoms with E-state index in [2.05, 4.69) is 10.4 Å². The monoisotopic (exact) mass is 307 g/mol. The molecule has 1 aliphatic carbocycles. The van der Waals surface area contributed by atoms with E-state index in [0.29, 0.717) is 5.76 Å². The van der Waals surface area contributed by atoms with Crippen molar-refractivity contribution in [1.82, 2.24) is 9.78 Å². The third-order valence-electron chi connectivity index (χ3n) is 4.21. The summed E-state index contributed by atoms with van der Waals surface area (Å²) in [5.74, 6) is 0.862. The van der Waals surface area contributed by atoms with E-state index in [1.54, 1.807) is 6.07 Å². The van der Waals surface area contributed by atoms with Gasteiger partial charge in [-0.15, -0.1) is 0 Å². The number of aromatic nitrogens is 2. The second-order valence-corrected chi connectivity index (χ2v) is 5.76. The summed E-state index contributed by atoms with van der Waals surface area (Å²) in [5.41, 5.74) is 3.96. The predicted molar refractivity (Wildman–Crippen MR) is 87.0 cm³/mol. The fourth-order valence-electron chi connectivity index (χ4n) is 3.05. The lowest BCUT2D eigenvalue weighted by atomic mass is 10.2. The summed E-state index contributed by atoms with van der Waals surface area (Å²) in [6.07, 6.45) is 4.51. The van der Waals surface area contributed by atoms with Crippen LogP contribution in [0.2, 0.25) is 0 Å². The largest absolute Gasteiger partial charge is 0.459 e. The Labute approximate surface area is 133 Å². The number of nitrogens with one attached hydrogen (secondary N) is 1. The molecule has 4 rings (SSSR count). The van der Waals surface area contributed by atoms with Crippen molar-refractivity contribution < 1.29 is 9.21 Å². The van der Waals surface area contributed by atoms with E-state index in [9.17, 15) is 4.79 Å². The van der Waals surface area contributed by atoms with Gasteiger partial charge in [0.05, 0.1) is 17.6 Å². The number of hydrogen-bond donors (Lipinski definition) is 1. The molecule has 1 aliphatic rings. The van der Waals surface area contributed by atoms with Crippen molar-refractivity contribution in [3.05, 3.63) is 65.2 Å². The first-order chi connectivity index (χ1) is 11.2. The fraction of sp³-hybridized carbons (Fsp3) is 0.222. The summed E-state index contributed by atoms with van der Waals surface area (Å²) in [7, 11) is 0. The molecule has 0 atom stereocenters. The Morgan fingerprint density at radius 1 is 1.22 bits per heavy atom. The van der Waals surface area contributed by atoms with Gasteiger partial charge >= 0.3 is 0 Å². The van der Waals surface area contributed by atoms with Crippen molar-refractivity contribution >= 4 is 11.7 Å². The molecule has 23 heavy (non-hydrogen) atoms. The summed E-state index contributed by atoms with van der Waals surface area (Å²) in [5, 5.41) is 7.69. The summed E-state index contributed by atoms with van der Waals surface area (Å²) in [4.78, 5) is 12.5. The number of fused-ring (bicyclic) bond motifs is 1. The zero-order valence-electron chi connectivity index (χ0n) is 12.9. The highest BCUT2D eigenvalue weighted by molar-refractivity contribution is 6.03. The highest BCUT2D eigenvalue weighted by atomic mass is 16.3. The summed E-state index contributed by atoms with van der Waals surface area (Å²) in [6.45, 7) is 1.86. The molecule has 3 aromatic rings. The van der Waals surface area contributed by atoms with Crippen molar-refractivity contribution in [1.29, 1.82) is 0 Å². The third kappa shape index (κ3) is 2.34. The molecule has 116 valence electrons. The van der Waals surface area contributed by atoms with Crippen LogP contribution in [0.4, 0.5) is 5.82 Å². The number of furan rings is 1. The van der Waals surface area contributed by atoms with E-state index < -0.39 is 0 Å². The van der Waals surface area contributed by atoms with Crippen LogP contribution in [0, 0.1) is 6.92 Å². The highest BCUT2D eigenvalue weighted by Crippen LogP contribution is 2.31. The van der Waals surface area contributed by atoms with Crippen LogP contribution >= 0.6 is 0 Å². The van der Waals surface area contributed by atoms with Gasteiger partial charge in [-0.1, -0.05) is 18.2 Å². The van der Waals surface area contributed by atoms with E-state index in [0.717, 1.165) is 47.6 Å². The number of aryl methyl sites for hydroxylation is 2. The van der Waals surface area contributed by atoms with Crippen molar-refractivity contribution in [2.24, 2.45) is 0 Å². The first-order valence-electron chi connectivity index (χ1n) is 7.75. The van der Waals surface area contributed by atoms with Crippen molar-refractivity contribution in [2.75, 3.05) is 5.32 Å². The normalized spacial score (nSPS) is 13.1. The Bertz CT molecular complexity index is 862. The molecular formula is C18H17N3O2. The van der Waals surface area contributed by atoms with Gasteiger partial charge < -0.3 is 9.73 Å². The van der Waals surface area contributed by atoms with Gasteiger partial charge in [-0.2, -0.15) is 5.10 Å². The van der Waals surface area contributed by atoms with Crippen LogP contribution in [0.5, 0.6) is 0 Å². The highest BCUT2D eigenvalue weighted by Gasteiger charge is 2.25. The van der Waals surface area contributed by atoms with Gasteiger partial charge in [0, 0.05) is 11.1 Å². The molecule has 1 N–H and O–H groups in total. The Kier molecular flexibility index (Phi) is 3.26. The maximum Gasteiger partial charge on any atom is 0.292 e. The number of benzene rings is 1. The second-order valence-electron chi connectivity index (χ2n) is 5.76. The number of amides is 1. The molecule has 5 nitrogen and oxygen atoms in total. The summed E-state index contributed by atoms with van der Waals surface area (Å²) in [6, 6.07) is 11.6. The van der Waals surface area contributed by atoms with E-state index in [4.69, 9.17) is 4.42 Å². The lowest BCUT2D eigenvalue weighted by molar-refractivity contribution is 0.0995. The van der Waals surface area contributed by atoms with Gasteiger partial charge in [0.1, 0.15) is 5.82 Å². The molecule has 0 saturated carbocycles. The third-order valence-corrected chi connectivity index (χ3v) is 4.21. The molecule has 5 heteroatoms. The number of anilines is 1. The molecule has 1 aromatic carbocycles. The van der Waals surface area contributed by atoms with E-state index in [1.165, 1.54) is 6.26 Å². The lowest BCUT2D eigenvalue weighted by Crippen LogP contribution is -2.16. The molecule has 0 unspecified atom stereocenters. The maximum atomic E-state index is 12.5. The first kappa shape index (κ1) is 13.8. The van der Waals surface area contributed by atoms with E-state index in [-0.39, 0.29) is 5.91 Å². The Morgan fingerprint density at radius 2 is 2.04 bits per heavy atom. The van der Waals surface area contributed by atoms with Crippen LogP contribution in [-0.2, 0) is 12.8 Å². The van der Waals surface area contributed by atoms with Gasteiger partial charge in [0.25, 0.3) is 5.91 Å². The molecular weight excluding hydrogens is 290 g/mol. The fourth-order valence-corrected chi connectivity index (χ4v) is 3.05. The molecule has 0 aliphatic heterocycles. The molecule has 0 saturated heterocycles. The number of carbonyl (C=O) groups is 1. The number of rotatable bonds is 3. The van der Waals surface area contributed by atoms with Crippen LogP contribution in [0.1, 0.15) is 33.8 Å².